The van der Waals surface area contributed by atoms with Gasteiger partial charge in [-0.05, 0) is 26.1 Å². The second-order valence-electron chi connectivity index (χ2n) is 3.45. The third-order valence-corrected chi connectivity index (χ3v) is 2.69. The molecule has 0 saturated carbocycles. The van der Waals surface area contributed by atoms with Gasteiger partial charge in [-0.25, -0.2) is 0 Å². The van der Waals surface area contributed by atoms with Gasteiger partial charge in [-0.3, -0.25) is 0 Å². The van der Waals surface area contributed by atoms with Gasteiger partial charge in [-0.2, -0.15) is 4.98 Å². The van der Waals surface area contributed by atoms with E-state index >= 15 is 0 Å². The monoisotopic (exact) mass is 237 g/mol. The molecule has 0 saturated heterocycles. The maximum Gasteiger partial charge on any atom is 0.243 e. The molecule has 0 fully saturated rings. The predicted molar refractivity (Wildman–Crippen MR) is 62.2 cm³/mol. The fraction of sp³-hybridized carbons (Fsp3) is 0.273. The van der Waals surface area contributed by atoms with Crippen molar-refractivity contribution >= 4 is 11.6 Å². The maximum absolute atomic E-state index is 6.04. The van der Waals surface area contributed by atoms with Crippen LogP contribution in [0.5, 0.6) is 0 Å². The Bertz CT molecular complexity index is 484. The van der Waals surface area contributed by atoms with Crippen molar-refractivity contribution in [2.45, 2.75) is 13.0 Å². The number of rotatable bonds is 3. The van der Waals surface area contributed by atoms with E-state index in [1.807, 2.05) is 32.2 Å². The Kier molecular flexibility index (Phi) is 3.22. The Morgan fingerprint density at radius 3 is 2.81 bits per heavy atom. The quantitative estimate of drug-likeness (QED) is 0.892. The first-order chi connectivity index (χ1) is 7.72. The predicted octanol–water partition coefficient (Wildman–Crippen LogP) is 2.67. The fourth-order valence-electron chi connectivity index (χ4n) is 1.29. The van der Waals surface area contributed by atoms with Crippen LogP contribution in [0.3, 0.4) is 0 Å². The third kappa shape index (κ3) is 2.08. The Morgan fingerprint density at radius 1 is 1.38 bits per heavy atom. The molecule has 2 aromatic rings. The van der Waals surface area contributed by atoms with Gasteiger partial charge in [0, 0.05) is 5.56 Å². The van der Waals surface area contributed by atoms with Gasteiger partial charge in [0.15, 0.2) is 0 Å². The Labute approximate surface area is 98.6 Å². The summed E-state index contributed by atoms with van der Waals surface area (Å²) in [6.45, 7) is 1.95. The molecule has 0 aliphatic heterocycles. The molecule has 4 nitrogen and oxygen atoms in total. The van der Waals surface area contributed by atoms with Gasteiger partial charge in [-0.1, -0.05) is 28.9 Å². The van der Waals surface area contributed by atoms with Crippen LogP contribution in [0.2, 0.25) is 5.02 Å². The molecule has 16 heavy (non-hydrogen) atoms. The molecule has 1 N–H and O–H groups in total. The van der Waals surface area contributed by atoms with Gasteiger partial charge in [0.2, 0.25) is 11.7 Å². The zero-order valence-corrected chi connectivity index (χ0v) is 9.82. The van der Waals surface area contributed by atoms with Gasteiger partial charge in [0.1, 0.15) is 0 Å². The van der Waals surface area contributed by atoms with Crippen LogP contribution in [0.15, 0.2) is 28.8 Å². The van der Waals surface area contributed by atoms with Crippen molar-refractivity contribution in [1.29, 1.82) is 0 Å². The first-order valence-electron chi connectivity index (χ1n) is 4.98. The molecule has 0 aliphatic rings. The van der Waals surface area contributed by atoms with Gasteiger partial charge in [-0.15, -0.1) is 0 Å². The van der Waals surface area contributed by atoms with Crippen LogP contribution < -0.4 is 5.32 Å². The molecule has 0 radical (unpaired) electrons. The number of hydrogen-bond acceptors (Lipinski definition) is 4. The van der Waals surface area contributed by atoms with Crippen molar-refractivity contribution in [3.8, 4) is 11.4 Å². The van der Waals surface area contributed by atoms with Crippen LogP contribution in [-0.2, 0) is 0 Å². The molecular formula is C11H12ClN3O. The number of halogens is 1. The van der Waals surface area contributed by atoms with E-state index in [2.05, 4.69) is 15.5 Å². The van der Waals surface area contributed by atoms with Gasteiger partial charge in [0.25, 0.3) is 0 Å². The average molecular weight is 238 g/mol. The highest BCUT2D eigenvalue weighted by Gasteiger charge is 2.14. The van der Waals surface area contributed by atoms with Crippen molar-refractivity contribution in [3.63, 3.8) is 0 Å². The molecule has 0 bridgehead atoms. The summed E-state index contributed by atoms with van der Waals surface area (Å²) < 4.78 is 5.14. The minimum atomic E-state index is 0.0312. The zero-order chi connectivity index (χ0) is 11.5. The molecule has 1 heterocycles. The standard InChI is InChI=1S/C11H12ClN3O/c1-7(13-2)11-14-10(15-16-11)8-5-3-4-6-9(8)12/h3-7,13H,1-2H3. The summed E-state index contributed by atoms with van der Waals surface area (Å²) in [7, 11) is 1.84. The number of aromatic nitrogens is 2. The van der Waals surface area contributed by atoms with Crippen LogP contribution in [0.1, 0.15) is 18.9 Å². The van der Waals surface area contributed by atoms with Crippen molar-refractivity contribution < 1.29 is 4.52 Å². The van der Waals surface area contributed by atoms with Crippen molar-refractivity contribution in [1.82, 2.24) is 15.5 Å². The van der Waals surface area contributed by atoms with E-state index in [1.54, 1.807) is 6.07 Å². The molecule has 1 aromatic heterocycles. The number of nitrogens with one attached hydrogen (secondary N) is 1. The SMILES string of the molecule is CNC(C)c1nc(-c2ccccc2Cl)no1. The summed E-state index contributed by atoms with van der Waals surface area (Å²) in [5.74, 6) is 1.07. The van der Waals surface area contributed by atoms with E-state index in [4.69, 9.17) is 16.1 Å². The smallest absolute Gasteiger partial charge is 0.243 e. The first kappa shape index (κ1) is 11.1. The summed E-state index contributed by atoms with van der Waals surface area (Å²) in [6, 6.07) is 7.45. The minimum Gasteiger partial charge on any atom is -0.337 e. The Morgan fingerprint density at radius 2 is 2.12 bits per heavy atom. The Balaban J connectivity index is 2.35. The van der Waals surface area contributed by atoms with E-state index in [0.29, 0.717) is 16.7 Å². The maximum atomic E-state index is 6.04. The van der Waals surface area contributed by atoms with E-state index in [-0.39, 0.29) is 6.04 Å². The lowest BCUT2D eigenvalue weighted by Crippen LogP contribution is -2.12. The highest BCUT2D eigenvalue weighted by atomic mass is 35.5. The normalized spacial score (nSPS) is 12.7. The Hall–Kier alpha value is -1.39. The second-order valence-corrected chi connectivity index (χ2v) is 3.85. The summed E-state index contributed by atoms with van der Waals surface area (Å²) in [5.41, 5.74) is 0.780. The van der Waals surface area contributed by atoms with Crippen LogP contribution in [-0.4, -0.2) is 17.2 Å². The molecular weight excluding hydrogens is 226 g/mol. The summed E-state index contributed by atoms with van der Waals surface area (Å²) >= 11 is 6.04. The highest BCUT2D eigenvalue weighted by Crippen LogP contribution is 2.25. The van der Waals surface area contributed by atoms with Crippen molar-refractivity contribution in [3.05, 3.63) is 35.2 Å². The summed E-state index contributed by atoms with van der Waals surface area (Å²) in [5, 5.41) is 7.55. The van der Waals surface area contributed by atoms with Gasteiger partial charge in [0.05, 0.1) is 11.1 Å². The van der Waals surface area contributed by atoms with Gasteiger partial charge < -0.3 is 9.84 Å². The highest BCUT2D eigenvalue weighted by molar-refractivity contribution is 6.33. The van der Waals surface area contributed by atoms with Crippen LogP contribution in [0.25, 0.3) is 11.4 Å². The lowest BCUT2D eigenvalue weighted by Gasteiger charge is -2.01. The third-order valence-electron chi connectivity index (χ3n) is 2.36. The average Bonchev–Trinajstić information content (AvgIpc) is 2.78. The van der Waals surface area contributed by atoms with E-state index in [9.17, 15) is 0 Å². The van der Waals surface area contributed by atoms with Crippen molar-refractivity contribution in [2.24, 2.45) is 0 Å². The van der Waals surface area contributed by atoms with Crippen LogP contribution in [0, 0.1) is 0 Å². The second kappa shape index (κ2) is 4.63. The fourth-order valence-corrected chi connectivity index (χ4v) is 1.51. The van der Waals surface area contributed by atoms with E-state index < -0.39 is 0 Å². The number of nitrogens with zero attached hydrogens (tertiary/aromatic N) is 2. The number of benzene rings is 1. The van der Waals surface area contributed by atoms with Crippen LogP contribution >= 0.6 is 11.6 Å². The minimum absolute atomic E-state index is 0.0312. The first-order valence-corrected chi connectivity index (χ1v) is 5.36. The zero-order valence-electron chi connectivity index (χ0n) is 9.07. The lowest BCUT2D eigenvalue weighted by molar-refractivity contribution is 0.347. The molecule has 1 atom stereocenters. The molecule has 0 aliphatic carbocycles. The molecule has 1 aromatic carbocycles. The topological polar surface area (TPSA) is 51.0 Å². The molecule has 1 unspecified atom stereocenters. The molecule has 84 valence electrons. The largest absolute Gasteiger partial charge is 0.337 e. The lowest BCUT2D eigenvalue weighted by atomic mass is 10.2. The summed E-state index contributed by atoms with van der Waals surface area (Å²) in [6.07, 6.45) is 0. The molecule has 0 spiro atoms. The molecule has 0 amide bonds. The van der Waals surface area contributed by atoms with E-state index in [0.717, 1.165) is 5.56 Å². The van der Waals surface area contributed by atoms with Crippen LogP contribution in [0.4, 0.5) is 0 Å². The van der Waals surface area contributed by atoms with Crippen molar-refractivity contribution in [2.75, 3.05) is 7.05 Å². The van der Waals surface area contributed by atoms with E-state index in [1.165, 1.54) is 0 Å². The summed E-state index contributed by atoms with van der Waals surface area (Å²) in [4.78, 5) is 4.29. The molecule has 5 heteroatoms. The van der Waals surface area contributed by atoms with Gasteiger partial charge >= 0.3 is 0 Å². The molecule has 2 rings (SSSR count). The number of hydrogen-bond donors (Lipinski definition) is 1.